The van der Waals surface area contributed by atoms with Gasteiger partial charge in [-0.3, -0.25) is 4.79 Å². The lowest BCUT2D eigenvalue weighted by Gasteiger charge is -2.14. The zero-order valence-electron chi connectivity index (χ0n) is 18.3. The van der Waals surface area contributed by atoms with E-state index in [0.717, 1.165) is 22.3 Å². The van der Waals surface area contributed by atoms with Gasteiger partial charge in [-0.2, -0.15) is 0 Å². The van der Waals surface area contributed by atoms with Crippen LogP contribution in [-0.2, 0) is 16.1 Å². The number of ether oxygens (including phenoxy) is 1. The van der Waals surface area contributed by atoms with Crippen molar-refractivity contribution in [1.82, 2.24) is 20.2 Å². The number of aromatic nitrogens is 2. The van der Waals surface area contributed by atoms with Crippen molar-refractivity contribution < 1.29 is 24.2 Å². The number of nitrogens with zero attached hydrogens (tertiary/aromatic N) is 2. The van der Waals surface area contributed by atoms with Crippen molar-refractivity contribution in [2.45, 2.75) is 12.5 Å². The number of fused-ring (bicyclic) bond motifs is 3. The number of carboxylic acids is 1. The molecule has 0 atom stereocenters. The number of hydrogen-bond donors (Lipinski definition) is 3. The number of carboxylic acid groups (broad SMARTS) is 1. The molecular formula is C25H24N4O5. The maximum atomic E-state index is 12.1. The van der Waals surface area contributed by atoms with Crippen molar-refractivity contribution >= 4 is 18.0 Å². The number of amides is 2. The first-order chi connectivity index (χ1) is 16.5. The summed E-state index contributed by atoms with van der Waals surface area (Å²) >= 11 is 0. The second-order valence-corrected chi connectivity index (χ2v) is 7.70. The number of aromatic carboxylic acids is 1. The third-order valence-electron chi connectivity index (χ3n) is 5.50. The van der Waals surface area contributed by atoms with Gasteiger partial charge in [0.15, 0.2) is 5.69 Å². The summed E-state index contributed by atoms with van der Waals surface area (Å²) in [5, 5.41) is 14.1. The standard InChI is InChI=1S/C25H24N4O5/c30-23(26-12-13-29-14-22(24(31)32)28-16-29)10-5-11-27-25(33)34-15-21-19-8-3-1-6-17(19)18-7-2-4-9-20(18)21/h1-10,14,16,21H,11-13,15H2,(H,26,30)(H,27,33)(H,31,32)/b10-5+. The number of hydrogen-bond acceptors (Lipinski definition) is 5. The molecule has 1 aliphatic rings. The molecule has 0 unspecified atom stereocenters. The minimum absolute atomic E-state index is 0.0125. The molecule has 4 rings (SSSR count). The molecule has 0 saturated heterocycles. The van der Waals surface area contributed by atoms with E-state index in [9.17, 15) is 14.4 Å². The van der Waals surface area contributed by atoms with Crippen molar-refractivity contribution in [3.8, 4) is 11.1 Å². The summed E-state index contributed by atoms with van der Waals surface area (Å²) in [5.41, 5.74) is 4.56. The Morgan fingerprint density at radius 3 is 2.35 bits per heavy atom. The number of carbonyl (C=O) groups excluding carboxylic acids is 2. The molecule has 2 aromatic carbocycles. The highest BCUT2D eigenvalue weighted by atomic mass is 16.5. The maximum absolute atomic E-state index is 12.1. The summed E-state index contributed by atoms with van der Waals surface area (Å²) in [4.78, 5) is 38.5. The number of alkyl carbamates (subject to hydrolysis) is 1. The van der Waals surface area contributed by atoms with E-state index in [0.29, 0.717) is 13.1 Å². The molecule has 0 fully saturated rings. The molecule has 0 saturated carbocycles. The first-order valence-electron chi connectivity index (χ1n) is 10.8. The molecule has 9 nitrogen and oxygen atoms in total. The van der Waals surface area contributed by atoms with Crippen molar-refractivity contribution in [1.29, 1.82) is 0 Å². The molecule has 0 spiro atoms. The quantitative estimate of drug-likeness (QED) is 0.422. The zero-order valence-corrected chi connectivity index (χ0v) is 18.3. The fraction of sp³-hybridized carbons (Fsp3) is 0.200. The normalized spacial score (nSPS) is 12.2. The summed E-state index contributed by atoms with van der Waals surface area (Å²) in [6.07, 6.45) is 5.07. The highest BCUT2D eigenvalue weighted by Crippen LogP contribution is 2.44. The van der Waals surface area contributed by atoms with Crippen molar-refractivity contribution in [2.24, 2.45) is 0 Å². The van der Waals surface area contributed by atoms with Gasteiger partial charge in [0.05, 0.1) is 6.33 Å². The SMILES string of the molecule is O=C(/C=C/CNC(=O)OCC1c2ccccc2-c2ccccc21)NCCn1cnc(C(=O)O)c1. The molecule has 1 heterocycles. The van der Waals surface area contributed by atoms with E-state index in [1.54, 1.807) is 4.57 Å². The smallest absolute Gasteiger partial charge is 0.407 e. The molecule has 9 heteroatoms. The lowest BCUT2D eigenvalue weighted by Crippen LogP contribution is -2.27. The molecule has 174 valence electrons. The molecule has 2 amide bonds. The Bertz CT molecular complexity index is 1190. The minimum atomic E-state index is -1.10. The molecule has 3 aromatic rings. The molecule has 0 bridgehead atoms. The molecule has 0 radical (unpaired) electrons. The average Bonchev–Trinajstić information content (AvgIpc) is 3.44. The number of nitrogens with one attached hydrogen (secondary N) is 2. The lowest BCUT2D eigenvalue weighted by molar-refractivity contribution is -0.116. The summed E-state index contributed by atoms with van der Waals surface area (Å²) < 4.78 is 7.02. The molecule has 34 heavy (non-hydrogen) atoms. The highest BCUT2D eigenvalue weighted by molar-refractivity contribution is 5.87. The Hall–Kier alpha value is -4.40. The van der Waals surface area contributed by atoms with E-state index in [2.05, 4.69) is 39.9 Å². The number of carbonyl (C=O) groups is 3. The Labute approximate surface area is 196 Å². The van der Waals surface area contributed by atoms with Crippen LogP contribution in [0.2, 0.25) is 0 Å². The van der Waals surface area contributed by atoms with Crippen LogP contribution in [0, 0.1) is 0 Å². The third kappa shape index (κ3) is 5.32. The van der Waals surface area contributed by atoms with Gasteiger partial charge < -0.3 is 25.0 Å². The second-order valence-electron chi connectivity index (χ2n) is 7.70. The van der Waals surface area contributed by atoms with Gasteiger partial charge in [0.2, 0.25) is 5.91 Å². The van der Waals surface area contributed by atoms with Crippen LogP contribution in [0.4, 0.5) is 4.79 Å². The Balaban J connectivity index is 1.17. The summed E-state index contributed by atoms with van der Waals surface area (Å²) in [6.45, 7) is 1.06. The van der Waals surface area contributed by atoms with Crippen molar-refractivity contribution in [2.75, 3.05) is 19.7 Å². The van der Waals surface area contributed by atoms with Crippen LogP contribution in [0.3, 0.4) is 0 Å². The van der Waals surface area contributed by atoms with Gasteiger partial charge in [0.25, 0.3) is 0 Å². The predicted molar refractivity (Wildman–Crippen MR) is 124 cm³/mol. The van der Waals surface area contributed by atoms with Crippen molar-refractivity contribution in [3.63, 3.8) is 0 Å². The van der Waals surface area contributed by atoms with Crippen LogP contribution in [0.15, 0.2) is 73.2 Å². The van der Waals surface area contributed by atoms with Crippen LogP contribution in [0.5, 0.6) is 0 Å². The van der Waals surface area contributed by atoms with E-state index in [1.165, 1.54) is 24.7 Å². The van der Waals surface area contributed by atoms with Crippen LogP contribution in [0.1, 0.15) is 27.5 Å². The highest BCUT2D eigenvalue weighted by Gasteiger charge is 2.28. The van der Waals surface area contributed by atoms with Crippen LogP contribution in [-0.4, -0.2) is 52.3 Å². The summed E-state index contributed by atoms with van der Waals surface area (Å²) in [7, 11) is 0. The average molecular weight is 460 g/mol. The summed E-state index contributed by atoms with van der Waals surface area (Å²) in [6, 6.07) is 16.2. The Morgan fingerprint density at radius 1 is 1.03 bits per heavy atom. The van der Waals surface area contributed by atoms with E-state index >= 15 is 0 Å². The van der Waals surface area contributed by atoms with Crippen LogP contribution < -0.4 is 10.6 Å². The fourth-order valence-corrected chi connectivity index (χ4v) is 3.92. The topological polar surface area (TPSA) is 123 Å². The first kappa shape index (κ1) is 22.8. The van der Waals surface area contributed by atoms with E-state index < -0.39 is 12.1 Å². The van der Waals surface area contributed by atoms with Gasteiger partial charge in [0, 0.05) is 37.8 Å². The van der Waals surface area contributed by atoms with Gasteiger partial charge in [-0.25, -0.2) is 14.6 Å². The number of imidazole rings is 1. The molecular weight excluding hydrogens is 436 g/mol. The first-order valence-corrected chi connectivity index (χ1v) is 10.8. The zero-order chi connectivity index (χ0) is 23.9. The van der Waals surface area contributed by atoms with Gasteiger partial charge in [-0.15, -0.1) is 0 Å². The maximum Gasteiger partial charge on any atom is 0.407 e. The largest absolute Gasteiger partial charge is 0.476 e. The summed E-state index contributed by atoms with van der Waals surface area (Å²) in [5.74, 6) is -1.44. The lowest BCUT2D eigenvalue weighted by atomic mass is 9.98. The van der Waals surface area contributed by atoms with E-state index in [4.69, 9.17) is 9.84 Å². The molecule has 3 N–H and O–H groups in total. The van der Waals surface area contributed by atoms with Gasteiger partial charge in [-0.1, -0.05) is 54.6 Å². The monoisotopic (exact) mass is 460 g/mol. The molecule has 0 aliphatic heterocycles. The van der Waals surface area contributed by atoms with Gasteiger partial charge in [0.1, 0.15) is 6.61 Å². The molecule has 1 aromatic heterocycles. The van der Waals surface area contributed by atoms with E-state index in [-0.39, 0.29) is 30.7 Å². The third-order valence-corrected chi connectivity index (χ3v) is 5.50. The fourth-order valence-electron chi connectivity index (χ4n) is 3.92. The number of benzene rings is 2. The van der Waals surface area contributed by atoms with Gasteiger partial charge >= 0.3 is 12.1 Å². The second kappa shape index (κ2) is 10.5. The van der Waals surface area contributed by atoms with Crippen LogP contribution in [0.25, 0.3) is 11.1 Å². The molecule has 1 aliphatic carbocycles. The van der Waals surface area contributed by atoms with Crippen LogP contribution >= 0.6 is 0 Å². The van der Waals surface area contributed by atoms with E-state index in [1.807, 2.05) is 24.3 Å². The predicted octanol–water partition coefficient (Wildman–Crippen LogP) is 2.79. The Morgan fingerprint density at radius 2 is 1.71 bits per heavy atom. The number of rotatable bonds is 9. The van der Waals surface area contributed by atoms with Gasteiger partial charge in [-0.05, 0) is 22.3 Å². The minimum Gasteiger partial charge on any atom is -0.476 e. The Kier molecular flexibility index (Phi) is 7.02. The van der Waals surface area contributed by atoms with Crippen molar-refractivity contribution in [3.05, 3.63) is 90.0 Å².